The van der Waals surface area contributed by atoms with Gasteiger partial charge in [-0.15, -0.1) is 0 Å². The molecule has 43 heavy (non-hydrogen) atoms. The summed E-state index contributed by atoms with van der Waals surface area (Å²) in [6.45, 7) is 0. The maximum atomic E-state index is 5.91. The second-order valence-electron chi connectivity index (χ2n) is 14.0. The van der Waals surface area contributed by atoms with Gasteiger partial charge in [-0.1, -0.05) is 254 Å². The van der Waals surface area contributed by atoms with E-state index in [2.05, 4.69) is 22.6 Å². The zero-order valence-corrected chi connectivity index (χ0v) is 34.1. The standard InChI is InChI=1S/C39H79Cl2ISi/c40-43(41)39-37-35-33-31-29-27-25-23-21-19-17-15-13-11-9-7-5-3-1-2-4-6-8-10-12-14-16-18-20-22-24-26-28-30-32-34-36-38-42/h43H,1-39H2. The number of alkyl halides is 1. The molecular formula is C39H79Cl2ISi. The van der Waals surface area contributed by atoms with Gasteiger partial charge < -0.3 is 0 Å². The fraction of sp³-hybridized carbons (Fsp3) is 1.00. The summed E-state index contributed by atoms with van der Waals surface area (Å²) >= 11 is 14.3. The van der Waals surface area contributed by atoms with Gasteiger partial charge in [0.25, 0.3) is 0 Å². The van der Waals surface area contributed by atoms with E-state index in [9.17, 15) is 0 Å². The smallest absolute Gasteiger partial charge is 0.150 e. The largest absolute Gasteiger partial charge is 0.237 e. The van der Waals surface area contributed by atoms with E-state index in [1.165, 1.54) is 242 Å². The number of hydrogen-bond acceptors (Lipinski definition) is 0. The zero-order chi connectivity index (χ0) is 31.2. The molecule has 0 rings (SSSR count). The van der Waals surface area contributed by atoms with E-state index in [4.69, 9.17) is 22.2 Å². The molecule has 0 aromatic heterocycles. The Balaban J connectivity index is 3.03. The summed E-state index contributed by atoms with van der Waals surface area (Å²) in [5.41, 5.74) is 0. The first-order valence-corrected chi connectivity index (χ1v) is 25.9. The highest BCUT2D eigenvalue weighted by Crippen LogP contribution is 2.18. The van der Waals surface area contributed by atoms with Crippen molar-refractivity contribution in [1.82, 2.24) is 0 Å². The molecule has 0 heterocycles. The van der Waals surface area contributed by atoms with Crippen LogP contribution in [0.3, 0.4) is 0 Å². The van der Waals surface area contributed by atoms with E-state index in [1.54, 1.807) is 0 Å². The van der Waals surface area contributed by atoms with Crippen LogP contribution in [0.25, 0.3) is 0 Å². The Kier molecular flexibility index (Phi) is 43.0. The first kappa shape index (κ1) is 44.5. The fourth-order valence-electron chi connectivity index (χ4n) is 6.58. The molecule has 0 radical (unpaired) electrons. The van der Waals surface area contributed by atoms with Gasteiger partial charge in [0.15, 0.2) is 0 Å². The predicted octanol–water partition coefficient (Wildman–Crippen LogP) is 16.6. The molecule has 0 unspecified atom stereocenters. The van der Waals surface area contributed by atoms with Crippen LogP contribution in [0.15, 0.2) is 0 Å². The van der Waals surface area contributed by atoms with Gasteiger partial charge in [-0.05, 0) is 16.9 Å². The van der Waals surface area contributed by atoms with Crippen molar-refractivity contribution >= 4 is 52.2 Å². The van der Waals surface area contributed by atoms with Crippen molar-refractivity contribution in [1.29, 1.82) is 0 Å². The third-order valence-corrected chi connectivity index (χ3v) is 12.5. The summed E-state index contributed by atoms with van der Waals surface area (Å²) in [6, 6.07) is 1.10. The Morgan fingerprint density at radius 2 is 0.372 bits per heavy atom. The Morgan fingerprint density at radius 3 is 0.512 bits per heavy atom. The SMILES string of the molecule is Cl[SiH](Cl)CCCCCCCCCCCCCCCCCCCCCCCCCCCCCCCCCCCCCCCI. The van der Waals surface area contributed by atoms with Crippen molar-refractivity contribution in [2.45, 2.75) is 244 Å². The van der Waals surface area contributed by atoms with Crippen molar-refractivity contribution < 1.29 is 0 Å². The number of halogens is 3. The molecule has 0 saturated carbocycles. The third kappa shape index (κ3) is 43.5. The lowest BCUT2D eigenvalue weighted by Gasteiger charge is -2.05. The molecule has 0 atom stereocenters. The van der Waals surface area contributed by atoms with Gasteiger partial charge in [-0.2, -0.15) is 22.2 Å². The molecule has 0 aromatic carbocycles. The van der Waals surface area contributed by atoms with Crippen LogP contribution >= 0.6 is 44.7 Å². The lowest BCUT2D eigenvalue weighted by atomic mass is 10.0. The fourth-order valence-corrected chi connectivity index (χ4v) is 8.64. The number of hydrogen-bond donors (Lipinski definition) is 0. The quantitative estimate of drug-likeness (QED) is 0.0192. The minimum absolute atomic E-state index is 1.10. The maximum Gasteiger partial charge on any atom is 0.237 e. The normalized spacial score (nSPS) is 11.7. The van der Waals surface area contributed by atoms with Gasteiger partial charge in [0.05, 0.1) is 0 Å². The van der Waals surface area contributed by atoms with Crippen molar-refractivity contribution in [3.8, 4) is 0 Å². The Morgan fingerprint density at radius 1 is 0.233 bits per heavy atom. The van der Waals surface area contributed by atoms with Crippen LogP contribution in [0.5, 0.6) is 0 Å². The highest BCUT2D eigenvalue weighted by atomic mass is 127. The van der Waals surface area contributed by atoms with Gasteiger partial charge in [0.2, 0.25) is 7.42 Å². The highest BCUT2D eigenvalue weighted by Gasteiger charge is 2.01. The average molecular weight is 774 g/mol. The molecule has 0 fully saturated rings. The maximum absolute atomic E-state index is 5.91. The molecule has 260 valence electrons. The van der Waals surface area contributed by atoms with Gasteiger partial charge in [0.1, 0.15) is 0 Å². The molecule has 0 spiro atoms. The molecular weight excluding hydrogens is 694 g/mol. The van der Waals surface area contributed by atoms with E-state index in [1.807, 2.05) is 0 Å². The summed E-state index contributed by atoms with van der Waals surface area (Å²) in [7, 11) is -1.34. The van der Waals surface area contributed by atoms with Crippen LogP contribution in [-0.2, 0) is 0 Å². The topological polar surface area (TPSA) is 0 Å². The molecule has 4 heteroatoms. The summed E-state index contributed by atoms with van der Waals surface area (Å²) in [5.74, 6) is 0. The number of unbranched alkanes of at least 4 members (excludes halogenated alkanes) is 36. The highest BCUT2D eigenvalue weighted by molar-refractivity contribution is 14.1. The Bertz CT molecular complexity index is 476. The summed E-state index contributed by atoms with van der Waals surface area (Å²) in [4.78, 5) is 0. The van der Waals surface area contributed by atoms with Crippen molar-refractivity contribution in [2.24, 2.45) is 0 Å². The molecule has 0 aliphatic carbocycles. The molecule has 0 saturated heterocycles. The van der Waals surface area contributed by atoms with Gasteiger partial charge in [-0.3, -0.25) is 0 Å². The molecule has 0 amide bonds. The van der Waals surface area contributed by atoms with Crippen molar-refractivity contribution in [3.05, 3.63) is 0 Å². The van der Waals surface area contributed by atoms with Gasteiger partial charge in [-0.25, -0.2) is 0 Å². The molecule has 0 nitrogen and oxygen atoms in total. The first-order valence-electron chi connectivity index (χ1n) is 20.1. The van der Waals surface area contributed by atoms with Crippen LogP contribution in [0.4, 0.5) is 0 Å². The first-order chi connectivity index (χ1) is 21.3. The second kappa shape index (κ2) is 41.5. The molecule has 0 N–H and O–H groups in total. The Hall–Kier alpha value is 1.53. The van der Waals surface area contributed by atoms with E-state index in [-0.39, 0.29) is 0 Å². The lowest BCUT2D eigenvalue weighted by molar-refractivity contribution is 0.510. The van der Waals surface area contributed by atoms with E-state index in [0.717, 1.165) is 6.04 Å². The summed E-state index contributed by atoms with van der Waals surface area (Å²) < 4.78 is 1.34. The zero-order valence-electron chi connectivity index (χ0n) is 29.3. The average Bonchev–Trinajstić information content (AvgIpc) is 3.00. The van der Waals surface area contributed by atoms with Crippen LogP contribution in [0.2, 0.25) is 6.04 Å². The third-order valence-electron chi connectivity index (χ3n) is 9.56. The number of rotatable bonds is 39. The molecule has 0 aliphatic rings. The minimum atomic E-state index is -1.34. The monoisotopic (exact) mass is 772 g/mol. The minimum Gasteiger partial charge on any atom is -0.150 e. The van der Waals surface area contributed by atoms with Crippen molar-refractivity contribution in [3.63, 3.8) is 0 Å². The van der Waals surface area contributed by atoms with Crippen LogP contribution in [0, 0.1) is 0 Å². The van der Waals surface area contributed by atoms with Crippen molar-refractivity contribution in [2.75, 3.05) is 4.43 Å². The van der Waals surface area contributed by atoms with E-state index in [0.29, 0.717) is 0 Å². The van der Waals surface area contributed by atoms with E-state index < -0.39 is 7.42 Å². The van der Waals surface area contributed by atoms with Gasteiger partial charge >= 0.3 is 0 Å². The Labute approximate surface area is 298 Å². The molecule has 0 aromatic rings. The summed E-state index contributed by atoms with van der Waals surface area (Å²) in [6.07, 6.45) is 54.2. The predicted molar refractivity (Wildman–Crippen MR) is 213 cm³/mol. The van der Waals surface area contributed by atoms with Crippen LogP contribution in [-0.4, -0.2) is 11.8 Å². The summed E-state index contributed by atoms with van der Waals surface area (Å²) in [5, 5.41) is 0. The van der Waals surface area contributed by atoms with Crippen LogP contribution in [0.1, 0.15) is 238 Å². The van der Waals surface area contributed by atoms with Crippen LogP contribution < -0.4 is 0 Å². The van der Waals surface area contributed by atoms with Gasteiger partial charge in [0, 0.05) is 0 Å². The van der Waals surface area contributed by atoms with E-state index >= 15 is 0 Å². The molecule has 0 bridgehead atoms. The second-order valence-corrected chi connectivity index (χ2v) is 20.2. The lowest BCUT2D eigenvalue weighted by Crippen LogP contribution is -1.91. The molecule has 0 aliphatic heterocycles.